The van der Waals surface area contributed by atoms with Crippen molar-refractivity contribution in [2.24, 2.45) is 4.99 Å². The molecule has 6 nitrogen and oxygen atoms in total. The van der Waals surface area contributed by atoms with Gasteiger partial charge in [0.15, 0.2) is 5.96 Å². The van der Waals surface area contributed by atoms with E-state index in [1.54, 1.807) is 12.3 Å². The quantitative estimate of drug-likeness (QED) is 0.362. The molecule has 1 aromatic heterocycles. The molecule has 146 valence electrons. The molecule has 0 radical (unpaired) electrons. The van der Waals surface area contributed by atoms with E-state index >= 15 is 0 Å². The molecule has 0 fully saturated rings. The molecule has 2 aromatic rings. The summed E-state index contributed by atoms with van der Waals surface area (Å²) in [5.74, 6) is 0.574. The van der Waals surface area contributed by atoms with Crippen LogP contribution >= 0.6 is 11.6 Å². The molecule has 0 spiro atoms. The van der Waals surface area contributed by atoms with Crippen LogP contribution in [0.25, 0.3) is 0 Å². The van der Waals surface area contributed by atoms with Gasteiger partial charge in [-0.2, -0.15) is 8.78 Å². The molecule has 1 aromatic carbocycles. The van der Waals surface area contributed by atoms with E-state index in [1.807, 2.05) is 13.0 Å². The number of ether oxygens (including phenoxy) is 1. The molecule has 27 heavy (non-hydrogen) atoms. The lowest BCUT2D eigenvalue weighted by molar-refractivity contribution is -0.0498. The third kappa shape index (κ3) is 7.36. The number of aliphatic hydroxyl groups excluding tert-OH is 1. The molecule has 0 amide bonds. The molecule has 0 saturated carbocycles. The zero-order valence-electron chi connectivity index (χ0n) is 14.7. The minimum absolute atomic E-state index is 0.0420. The molecule has 0 saturated heterocycles. The molecule has 1 unspecified atom stereocenters. The molecule has 3 N–H and O–H groups in total. The minimum Gasteiger partial charge on any atom is -0.435 e. The van der Waals surface area contributed by atoms with Crippen molar-refractivity contribution >= 4 is 17.6 Å². The van der Waals surface area contributed by atoms with Gasteiger partial charge >= 0.3 is 6.61 Å². The van der Waals surface area contributed by atoms with Crippen molar-refractivity contribution in [1.82, 2.24) is 15.6 Å². The predicted molar refractivity (Wildman–Crippen MR) is 100 cm³/mol. The standard InChI is InChI=1S/C18H21ClF2N4O2/c1-2-22-18(24-10-12-3-8-16(19)23-9-12)25-11-15(26)13-4-6-14(7-5-13)27-17(20)21/h3-9,15,17,26H,2,10-11H2,1H3,(H2,22,24,25). The summed E-state index contributed by atoms with van der Waals surface area (Å²) in [5.41, 5.74) is 1.47. The summed E-state index contributed by atoms with van der Waals surface area (Å²) in [6.45, 7) is 0.298. The zero-order chi connectivity index (χ0) is 19.6. The largest absolute Gasteiger partial charge is 0.435 e. The first-order valence-corrected chi connectivity index (χ1v) is 8.71. The fourth-order valence-corrected chi connectivity index (χ4v) is 2.31. The van der Waals surface area contributed by atoms with Crippen LogP contribution < -0.4 is 15.4 Å². The Bertz CT molecular complexity index is 727. The van der Waals surface area contributed by atoms with Crippen molar-refractivity contribution < 1.29 is 18.6 Å². The number of hydrogen-bond donors (Lipinski definition) is 3. The van der Waals surface area contributed by atoms with Gasteiger partial charge in [-0.3, -0.25) is 0 Å². The van der Waals surface area contributed by atoms with Crippen molar-refractivity contribution in [1.29, 1.82) is 0 Å². The second kappa shape index (κ2) is 10.6. The Morgan fingerprint density at radius 1 is 1.22 bits per heavy atom. The molecule has 2 rings (SSSR count). The van der Waals surface area contributed by atoms with Crippen LogP contribution in [0.1, 0.15) is 24.2 Å². The number of hydrogen-bond acceptors (Lipinski definition) is 4. The van der Waals surface area contributed by atoms with Crippen LogP contribution in [-0.4, -0.2) is 35.8 Å². The summed E-state index contributed by atoms with van der Waals surface area (Å²) in [4.78, 5) is 8.42. The Kier molecular flexibility index (Phi) is 8.22. The average Bonchev–Trinajstić information content (AvgIpc) is 2.65. The average molecular weight is 399 g/mol. The van der Waals surface area contributed by atoms with Crippen LogP contribution in [0.2, 0.25) is 5.15 Å². The number of alkyl halides is 2. The lowest BCUT2D eigenvalue weighted by Crippen LogP contribution is -2.39. The van der Waals surface area contributed by atoms with Crippen LogP contribution in [0.3, 0.4) is 0 Å². The Morgan fingerprint density at radius 2 is 1.96 bits per heavy atom. The Hall–Kier alpha value is -2.45. The number of nitrogens with one attached hydrogen (secondary N) is 2. The summed E-state index contributed by atoms with van der Waals surface area (Å²) in [7, 11) is 0. The lowest BCUT2D eigenvalue weighted by Gasteiger charge is -2.16. The highest BCUT2D eigenvalue weighted by molar-refractivity contribution is 6.29. The van der Waals surface area contributed by atoms with Crippen LogP contribution in [0.5, 0.6) is 5.75 Å². The van der Waals surface area contributed by atoms with Crippen LogP contribution in [0.15, 0.2) is 47.6 Å². The summed E-state index contributed by atoms with van der Waals surface area (Å²) in [6.07, 6.45) is 0.805. The maximum Gasteiger partial charge on any atom is 0.387 e. The molecular formula is C18H21ClF2N4O2. The number of halogens is 3. The van der Waals surface area contributed by atoms with E-state index in [-0.39, 0.29) is 12.3 Å². The first kappa shape index (κ1) is 20.9. The second-order valence-corrected chi connectivity index (χ2v) is 5.92. The first-order valence-electron chi connectivity index (χ1n) is 8.33. The van der Waals surface area contributed by atoms with Gasteiger partial charge < -0.3 is 20.5 Å². The Labute approximate surface area is 161 Å². The van der Waals surface area contributed by atoms with Gasteiger partial charge in [0.05, 0.1) is 12.6 Å². The van der Waals surface area contributed by atoms with E-state index < -0.39 is 12.7 Å². The van der Waals surface area contributed by atoms with E-state index in [0.717, 1.165) is 5.56 Å². The van der Waals surface area contributed by atoms with E-state index in [9.17, 15) is 13.9 Å². The van der Waals surface area contributed by atoms with Crippen molar-refractivity contribution in [3.8, 4) is 5.75 Å². The summed E-state index contributed by atoms with van der Waals surface area (Å²) in [5, 5.41) is 16.8. The van der Waals surface area contributed by atoms with Gasteiger partial charge in [0.25, 0.3) is 0 Å². The van der Waals surface area contributed by atoms with Gasteiger partial charge in [0.2, 0.25) is 0 Å². The molecule has 1 heterocycles. The Morgan fingerprint density at radius 3 is 2.56 bits per heavy atom. The number of rotatable bonds is 8. The summed E-state index contributed by atoms with van der Waals surface area (Å²) in [6, 6.07) is 9.37. The van der Waals surface area contributed by atoms with E-state index in [2.05, 4.69) is 25.3 Å². The number of nitrogens with zero attached hydrogens (tertiary/aromatic N) is 2. The van der Waals surface area contributed by atoms with E-state index in [4.69, 9.17) is 11.6 Å². The third-order valence-corrected chi connectivity index (χ3v) is 3.73. The van der Waals surface area contributed by atoms with E-state index in [1.165, 1.54) is 24.3 Å². The summed E-state index contributed by atoms with van der Waals surface area (Å²) >= 11 is 5.76. The fraction of sp³-hybridized carbons (Fsp3) is 0.333. The van der Waals surface area contributed by atoms with Crippen molar-refractivity contribution in [3.63, 3.8) is 0 Å². The Balaban J connectivity index is 1.91. The number of guanidine groups is 1. The maximum absolute atomic E-state index is 12.2. The first-order chi connectivity index (χ1) is 13.0. The zero-order valence-corrected chi connectivity index (χ0v) is 15.5. The monoisotopic (exact) mass is 398 g/mol. The molecule has 0 aliphatic rings. The van der Waals surface area contributed by atoms with Gasteiger partial charge in [-0.25, -0.2) is 9.98 Å². The second-order valence-electron chi connectivity index (χ2n) is 5.53. The highest BCUT2D eigenvalue weighted by atomic mass is 35.5. The SMILES string of the molecule is CCNC(=NCc1ccc(Cl)nc1)NCC(O)c1ccc(OC(F)F)cc1. The summed E-state index contributed by atoms with van der Waals surface area (Å²) < 4.78 is 28.6. The van der Waals surface area contributed by atoms with Crippen LogP contribution in [-0.2, 0) is 6.54 Å². The van der Waals surface area contributed by atoms with Crippen molar-refractivity contribution in [3.05, 3.63) is 58.9 Å². The number of benzene rings is 1. The molecule has 1 atom stereocenters. The number of aromatic nitrogens is 1. The number of aliphatic imine (C=N–C) groups is 1. The molecule has 0 aliphatic heterocycles. The highest BCUT2D eigenvalue weighted by Crippen LogP contribution is 2.19. The van der Waals surface area contributed by atoms with Crippen molar-refractivity contribution in [2.75, 3.05) is 13.1 Å². The maximum atomic E-state index is 12.2. The highest BCUT2D eigenvalue weighted by Gasteiger charge is 2.10. The normalized spacial score (nSPS) is 12.7. The van der Waals surface area contributed by atoms with E-state index in [0.29, 0.717) is 29.8 Å². The van der Waals surface area contributed by atoms with Gasteiger partial charge in [-0.05, 0) is 36.2 Å². The predicted octanol–water partition coefficient (Wildman–Crippen LogP) is 3.13. The molecular weight excluding hydrogens is 378 g/mol. The minimum atomic E-state index is -2.88. The molecule has 0 bridgehead atoms. The van der Waals surface area contributed by atoms with Gasteiger partial charge in [0.1, 0.15) is 10.9 Å². The number of pyridine rings is 1. The molecule has 9 heteroatoms. The van der Waals surface area contributed by atoms with Gasteiger partial charge in [-0.15, -0.1) is 0 Å². The van der Waals surface area contributed by atoms with Crippen LogP contribution in [0.4, 0.5) is 8.78 Å². The topological polar surface area (TPSA) is 78.8 Å². The van der Waals surface area contributed by atoms with Gasteiger partial charge in [-0.1, -0.05) is 29.8 Å². The third-order valence-electron chi connectivity index (χ3n) is 3.51. The number of aliphatic hydroxyl groups is 1. The smallest absolute Gasteiger partial charge is 0.387 e. The fourth-order valence-electron chi connectivity index (χ4n) is 2.19. The van der Waals surface area contributed by atoms with Gasteiger partial charge in [0, 0.05) is 19.3 Å². The van der Waals surface area contributed by atoms with Crippen LogP contribution in [0, 0.1) is 0 Å². The lowest BCUT2D eigenvalue weighted by atomic mass is 10.1. The molecule has 0 aliphatic carbocycles. The van der Waals surface area contributed by atoms with Crippen molar-refractivity contribution in [2.45, 2.75) is 26.2 Å².